The summed E-state index contributed by atoms with van der Waals surface area (Å²) in [5.74, 6) is -0.677. The molecule has 0 unspecified atom stereocenters. The summed E-state index contributed by atoms with van der Waals surface area (Å²) < 4.78 is 0. The number of carbonyl (C=O) groups is 2. The van der Waals surface area contributed by atoms with Crippen molar-refractivity contribution >= 4 is 29.1 Å². The molecule has 2 N–H and O–H groups in total. The van der Waals surface area contributed by atoms with Crippen LogP contribution in [0.15, 0.2) is 42.5 Å². The molecule has 6 heteroatoms. The van der Waals surface area contributed by atoms with Gasteiger partial charge in [0.05, 0.1) is 5.69 Å². The third-order valence-corrected chi connectivity index (χ3v) is 4.54. The smallest absolute Gasteiger partial charge is 0.255 e. The third kappa shape index (κ3) is 3.33. The minimum Gasteiger partial charge on any atom is -0.506 e. The lowest BCUT2D eigenvalue weighted by Crippen LogP contribution is -2.47. The highest BCUT2D eigenvalue weighted by molar-refractivity contribution is 6.31. The first kappa shape index (κ1) is 17.3. The summed E-state index contributed by atoms with van der Waals surface area (Å²) in [6.45, 7) is 4.17. The molecule has 0 saturated heterocycles. The number of hydrogen-bond acceptors (Lipinski definition) is 3. The Kier molecular flexibility index (Phi) is 4.68. The number of halogens is 1. The number of aromatic hydroxyl groups is 1. The minimum atomic E-state index is -0.654. The van der Waals surface area contributed by atoms with Crippen LogP contribution in [-0.4, -0.2) is 27.9 Å². The van der Waals surface area contributed by atoms with Gasteiger partial charge in [0.25, 0.3) is 5.91 Å². The van der Waals surface area contributed by atoms with Crippen LogP contribution in [0.4, 0.5) is 5.69 Å². The summed E-state index contributed by atoms with van der Waals surface area (Å²) in [7, 11) is 0. The second-order valence-corrected chi connectivity index (χ2v) is 6.87. The van der Waals surface area contributed by atoms with Crippen molar-refractivity contribution in [2.75, 3.05) is 5.32 Å². The molecule has 0 saturated carbocycles. The molecule has 3 rings (SSSR count). The summed E-state index contributed by atoms with van der Waals surface area (Å²) in [6, 6.07) is 11.1. The summed E-state index contributed by atoms with van der Waals surface area (Å²) >= 11 is 5.93. The van der Waals surface area contributed by atoms with Crippen molar-refractivity contribution < 1.29 is 14.7 Å². The molecule has 1 heterocycles. The number of phenolic OH excluding ortho intramolecular Hbond substituents is 1. The van der Waals surface area contributed by atoms with Crippen molar-refractivity contribution in [3.63, 3.8) is 0 Å². The molecule has 25 heavy (non-hydrogen) atoms. The first-order chi connectivity index (χ1) is 11.9. The Morgan fingerprint density at radius 2 is 1.96 bits per heavy atom. The van der Waals surface area contributed by atoms with Crippen LogP contribution in [0.2, 0.25) is 5.02 Å². The zero-order valence-electron chi connectivity index (χ0n) is 14.0. The van der Waals surface area contributed by atoms with Gasteiger partial charge in [-0.15, -0.1) is 0 Å². The minimum absolute atomic E-state index is 0.0729. The average Bonchev–Trinajstić information content (AvgIpc) is 2.88. The number of nitrogens with zero attached hydrogens (tertiary/aromatic N) is 1. The average molecular weight is 359 g/mol. The fraction of sp³-hybridized carbons (Fsp3) is 0.263. The Balaban J connectivity index is 1.86. The van der Waals surface area contributed by atoms with Gasteiger partial charge in [-0.2, -0.15) is 0 Å². The first-order valence-electron chi connectivity index (χ1n) is 8.06. The molecule has 0 spiro atoms. The van der Waals surface area contributed by atoms with E-state index in [0.717, 1.165) is 5.56 Å². The molecule has 130 valence electrons. The maximum Gasteiger partial charge on any atom is 0.255 e. The molecule has 1 aliphatic rings. The molecule has 2 aromatic rings. The molecule has 0 bridgehead atoms. The molecule has 1 aliphatic heterocycles. The van der Waals surface area contributed by atoms with Crippen LogP contribution in [-0.2, 0) is 11.3 Å². The summed E-state index contributed by atoms with van der Waals surface area (Å²) in [5.41, 5.74) is 1.77. The molecule has 2 amide bonds. The highest BCUT2D eigenvalue weighted by Crippen LogP contribution is 2.30. The lowest BCUT2D eigenvalue weighted by atomic mass is 10.0. The summed E-state index contributed by atoms with van der Waals surface area (Å²) in [6.07, 6.45) is 0. The molecule has 0 aromatic heterocycles. The van der Waals surface area contributed by atoms with E-state index < -0.39 is 6.04 Å². The Bertz CT molecular complexity index is 835. The number of fused-ring (bicyclic) bond motifs is 1. The van der Waals surface area contributed by atoms with Gasteiger partial charge in [-0.3, -0.25) is 9.59 Å². The van der Waals surface area contributed by atoms with E-state index in [-0.39, 0.29) is 29.2 Å². The fourth-order valence-electron chi connectivity index (χ4n) is 3.12. The van der Waals surface area contributed by atoms with Crippen molar-refractivity contribution in [3.8, 4) is 5.75 Å². The molecular formula is C19H19ClN2O3. The van der Waals surface area contributed by atoms with Gasteiger partial charge in [0.1, 0.15) is 11.8 Å². The second-order valence-electron chi connectivity index (χ2n) is 6.43. The van der Waals surface area contributed by atoms with E-state index in [0.29, 0.717) is 17.1 Å². The third-order valence-electron chi connectivity index (χ3n) is 4.30. The van der Waals surface area contributed by atoms with Crippen LogP contribution in [0.25, 0.3) is 0 Å². The first-order valence-corrected chi connectivity index (χ1v) is 8.44. The van der Waals surface area contributed by atoms with Gasteiger partial charge < -0.3 is 15.3 Å². The molecule has 0 fully saturated rings. The van der Waals surface area contributed by atoms with Crippen LogP contribution in [0.3, 0.4) is 0 Å². The number of nitrogens with one attached hydrogen (secondary N) is 1. The van der Waals surface area contributed by atoms with Gasteiger partial charge >= 0.3 is 0 Å². The van der Waals surface area contributed by atoms with Crippen molar-refractivity contribution in [1.29, 1.82) is 0 Å². The van der Waals surface area contributed by atoms with E-state index in [9.17, 15) is 14.7 Å². The topological polar surface area (TPSA) is 69.6 Å². The quantitative estimate of drug-likeness (QED) is 0.819. The van der Waals surface area contributed by atoms with E-state index in [1.54, 1.807) is 11.0 Å². The highest BCUT2D eigenvalue weighted by Gasteiger charge is 2.38. The number of hydrogen-bond donors (Lipinski definition) is 2. The summed E-state index contributed by atoms with van der Waals surface area (Å²) in [5, 5.41) is 13.0. The predicted octanol–water partition coefficient (Wildman–Crippen LogP) is 3.66. The molecule has 2 aromatic carbocycles. The van der Waals surface area contributed by atoms with Crippen molar-refractivity contribution in [2.24, 2.45) is 5.92 Å². The van der Waals surface area contributed by atoms with Gasteiger partial charge in [0, 0.05) is 17.1 Å². The Labute approximate surface area is 151 Å². The number of anilines is 1. The van der Waals surface area contributed by atoms with Crippen molar-refractivity contribution in [3.05, 3.63) is 58.6 Å². The van der Waals surface area contributed by atoms with Crippen molar-refractivity contribution in [1.82, 2.24) is 4.90 Å². The van der Waals surface area contributed by atoms with E-state index in [1.807, 2.05) is 32.0 Å². The van der Waals surface area contributed by atoms with Gasteiger partial charge in [-0.1, -0.05) is 43.6 Å². The Morgan fingerprint density at radius 1 is 1.24 bits per heavy atom. The van der Waals surface area contributed by atoms with Crippen LogP contribution < -0.4 is 5.32 Å². The second kappa shape index (κ2) is 6.76. The molecule has 0 radical (unpaired) electrons. The van der Waals surface area contributed by atoms with Gasteiger partial charge in [-0.05, 0) is 35.7 Å². The normalized spacial score (nSPS) is 14.6. The zero-order valence-corrected chi connectivity index (χ0v) is 14.7. The van der Waals surface area contributed by atoms with Gasteiger partial charge in [0.15, 0.2) is 0 Å². The van der Waals surface area contributed by atoms with Crippen LogP contribution in [0.5, 0.6) is 5.75 Å². The highest BCUT2D eigenvalue weighted by atomic mass is 35.5. The maximum atomic E-state index is 12.8. The largest absolute Gasteiger partial charge is 0.506 e. The number of carbonyl (C=O) groups excluding carboxylic acids is 2. The zero-order chi connectivity index (χ0) is 18.1. The van der Waals surface area contributed by atoms with E-state index in [1.165, 1.54) is 18.2 Å². The fourth-order valence-corrected chi connectivity index (χ4v) is 3.29. The lowest BCUT2D eigenvalue weighted by Gasteiger charge is -2.30. The van der Waals surface area contributed by atoms with Gasteiger partial charge in [0.2, 0.25) is 5.91 Å². The van der Waals surface area contributed by atoms with Gasteiger partial charge in [-0.25, -0.2) is 0 Å². The Morgan fingerprint density at radius 3 is 2.64 bits per heavy atom. The lowest BCUT2D eigenvalue weighted by molar-refractivity contribution is -0.122. The van der Waals surface area contributed by atoms with Crippen LogP contribution in [0, 0.1) is 5.92 Å². The van der Waals surface area contributed by atoms with E-state index >= 15 is 0 Å². The van der Waals surface area contributed by atoms with E-state index in [4.69, 9.17) is 11.6 Å². The Hall–Kier alpha value is -2.53. The van der Waals surface area contributed by atoms with E-state index in [2.05, 4.69) is 5.32 Å². The molecule has 0 aliphatic carbocycles. The molecular weight excluding hydrogens is 340 g/mol. The summed E-state index contributed by atoms with van der Waals surface area (Å²) in [4.78, 5) is 27.1. The molecule has 5 nitrogen and oxygen atoms in total. The number of rotatable bonds is 4. The maximum absolute atomic E-state index is 12.8. The monoisotopic (exact) mass is 358 g/mol. The van der Waals surface area contributed by atoms with Crippen molar-refractivity contribution in [2.45, 2.75) is 26.4 Å². The van der Waals surface area contributed by atoms with Crippen LogP contribution in [0.1, 0.15) is 29.8 Å². The number of phenols is 1. The predicted molar refractivity (Wildman–Crippen MR) is 96.7 cm³/mol. The SMILES string of the molecule is CC(C)[C@H](C(=O)Nc1cc(Cl)ccc1O)N1Cc2ccccc2C1=O. The number of amides is 2. The molecule has 1 atom stereocenters. The number of benzene rings is 2. The van der Waals surface area contributed by atoms with Crippen LogP contribution >= 0.6 is 11.6 Å². The standard InChI is InChI=1S/C19H19ClN2O3/c1-11(2)17(18(24)21-15-9-13(20)7-8-16(15)23)22-10-12-5-3-4-6-14(12)19(22)25/h3-9,11,17,23H,10H2,1-2H3,(H,21,24)/t17-/m1/s1.